The minimum Gasteiger partial charge on any atom is -0.369 e. The van der Waals surface area contributed by atoms with Crippen LogP contribution in [0.1, 0.15) is 40.5 Å². The second kappa shape index (κ2) is 12.3. The predicted molar refractivity (Wildman–Crippen MR) is 116 cm³/mol. The molecule has 0 atom stereocenters. The molecule has 152 valence electrons. The Bertz CT molecular complexity index is 476. The highest BCUT2D eigenvalue weighted by Gasteiger charge is 2.27. The van der Waals surface area contributed by atoms with Crippen molar-refractivity contribution in [1.29, 1.82) is 0 Å². The highest BCUT2D eigenvalue weighted by Crippen LogP contribution is 2.16. The first-order chi connectivity index (χ1) is 11.8. The lowest BCUT2D eigenvalue weighted by molar-refractivity contribution is -0.128. The fraction of sp³-hybridized carbons (Fsp3) is 0.824. The van der Waals surface area contributed by atoms with E-state index in [9.17, 15) is 9.59 Å². The third-order valence-corrected chi connectivity index (χ3v) is 4.24. The summed E-state index contributed by atoms with van der Waals surface area (Å²) in [5.74, 6) is 0.455. The van der Waals surface area contributed by atoms with Crippen LogP contribution in [-0.4, -0.2) is 68.0 Å². The number of likely N-dealkylation sites (tertiary alicyclic amines) is 1. The molecule has 1 fully saturated rings. The van der Waals surface area contributed by atoms with Crippen LogP contribution >= 0.6 is 24.0 Å². The molecular formula is C17H35IN6O2. The Labute approximate surface area is 174 Å². The van der Waals surface area contributed by atoms with E-state index in [1.807, 2.05) is 27.7 Å². The molecule has 0 aromatic heterocycles. The third-order valence-electron chi connectivity index (χ3n) is 4.24. The Balaban J connectivity index is 0.00000625. The van der Waals surface area contributed by atoms with Crippen molar-refractivity contribution in [1.82, 2.24) is 20.9 Å². The van der Waals surface area contributed by atoms with Crippen molar-refractivity contribution in [3.63, 3.8) is 0 Å². The molecular weight excluding hydrogens is 447 g/mol. The fourth-order valence-corrected chi connectivity index (χ4v) is 2.72. The number of primary amides is 1. The molecule has 1 aliphatic heterocycles. The average Bonchev–Trinajstić information content (AvgIpc) is 2.54. The molecule has 9 heteroatoms. The van der Waals surface area contributed by atoms with Crippen molar-refractivity contribution in [2.45, 2.75) is 46.6 Å². The molecule has 0 bridgehead atoms. The van der Waals surface area contributed by atoms with Gasteiger partial charge in [0, 0.05) is 32.2 Å². The summed E-state index contributed by atoms with van der Waals surface area (Å²) in [5.41, 5.74) is 4.69. The quantitative estimate of drug-likeness (QED) is 0.226. The van der Waals surface area contributed by atoms with Crippen LogP contribution in [0.2, 0.25) is 0 Å². The van der Waals surface area contributed by atoms with E-state index < -0.39 is 5.41 Å². The molecule has 0 radical (unpaired) electrons. The van der Waals surface area contributed by atoms with E-state index in [4.69, 9.17) is 5.73 Å². The van der Waals surface area contributed by atoms with Gasteiger partial charge in [-0.05, 0) is 40.5 Å². The Kier molecular flexibility index (Phi) is 11.8. The Morgan fingerprint density at radius 3 is 2.23 bits per heavy atom. The average molecular weight is 482 g/mol. The topological polar surface area (TPSA) is 112 Å². The summed E-state index contributed by atoms with van der Waals surface area (Å²) >= 11 is 0. The van der Waals surface area contributed by atoms with Crippen molar-refractivity contribution in [2.24, 2.45) is 16.1 Å². The Hall–Kier alpha value is -1.10. The maximum absolute atomic E-state index is 12.1. The molecule has 0 aromatic carbocycles. The molecule has 8 nitrogen and oxygen atoms in total. The van der Waals surface area contributed by atoms with Gasteiger partial charge in [0.2, 0.25) is 11.8 Å². The summed E-state index contributed by atoms with van der Waals surface area (Å²) in [5, 5.41) is 9.53. The fourth-order valence-electron chi connectivity index (χ4n) is 2.72. The zero-order valence-corrected chi connectivity index (χ0v) is 18.8. The smallest absolute Gasteiger partial charge is 0.231 e. The summed E-state index contributed by atoms with van der Waals surface area (Å²) in [7, 11) is 0. The van der Waals surface area contributed by atoms with Gasteiger partial charge in [0.15, 0.2) is 5.96 Å². The lowest BCUT2D eigenvalue weighted by atomic mass is 9.92. The van der Waals surface area contributed by atoms with E-state index in [1.165, 1.54) is 0 Å². The molecule has 1 saturated heterocycles. The van der Waals surface area contributed by atoms with E-state index in [0.29, 0.717) is 25.7 Å². The van der Waals surface area contributed by atoms with Crippen molar-refractivity contribution in [2.75, 3.05) is 39.3 Å². The second-order valence-electron chi connectivity index (χ2n) is 7.10. The summed E-state index contributed by atoms with van der Waals surface area (Å²) in [6.07, 6.45) is 1.86. The minimum absolute atomic E-state index is 0. The summed E-state index contributed by atoms with van der Waals surface area (Å²) in [4.78, 5) is 29.7. The maximum Gasteiger partial charge on any atom is 0.231 e. The monoisotopic (exact) mass is 482 g/mol. The highest BCUT2D eigenvalue weighted by atomic mass is 127. The lowest BCUT2D eigenvalue weighted by Gasteiger charge is -2.32. The molecule has 5 N–H and O–H groups in total. The number of hydrogen-bond donors (Lipinski definition) is 4. The number of amides is 2. The van der Waals surface area contributed by atoms with E-state index >= 15 is 0 Å². The van der Waals surface area contributed by atoms with Gasteiger partial charge in [-0.1, -0.05) is 0 Å². The molecule has 2 amide bonds. The molecule has 0 saturated carbocycles. The van der Waals surface area contributed by atoms with Gasteiger partial charge in [0.05, 0.1) is 18.5 Å². The summed E-state index contributed by atoms with van der Waals surface area (Å²) < 4.78 is 0. The van der Waals surface area contributed by atoms with Gasteiger partial charge in [-0.2, -0.15) is 0 Å². The SMILES string of the molecule is CCNC(=O)C(C)(C)CN=C(NCC)NC1CCN(CC(N)=O)CC1.I. The van der Waals surface area contributed by atoms with Gasteiger partial charge in [0.25, 0.3) is 0 Å². The van der Waals surface area contributed by atoms with Crippen molar-refractivity contribution < 1.29 is 9.59 Å². The Morgan fingerprint density at radius 2 is 1.73 bits per heavy atom. The Morgan fingerprint density at radius 1 is 1.15 bits per heavy atom. The van der Waals surface area contributed by atoms with Crippen molar-refractivity contribution in [3.05, 3.63) is 0 Å². The number of nitrogens with two attached hydrogens (primary N) is 1. The molecule has 0 spiro atoms. The molecule has 26 heavy (non-hydrogen) atoms. The molecule has 1 aliphatic rings. The van der Waals surface area contributed by atoms with Gasteiger partial charge >= 0.3 is 0 Å². The molecule has 1 rings (SSSR count). The van der Waals surface area contributed by atoms with Gasteiger partial charge in [-0.25, -0.2) is 0 Å². The van der Waals surface area contributed by atoms with Crippen LogP contribution in [0.3, 0.4) is 0 Å². The zero-order valence-electron chi connectivity index (χ0n) is 16.4. The minimum atomic E-state index is -0.552. The standard InChI is InChI=1S/C17H34N6O2.HI/c1-5-19-15(25)17(3,4)12-21-16(20-6-2)22-13-7-9-23(10-8-13)11-14(18)24;/h13H,5-12H2,1-4H3,(H2,18,24)(H,19,25)(H2,20,21,22);1H. The van der Waals surface area contributed by atoms with Crippen LogP contribution < -0.4 is 21.7 Å². The first kappa shape index (κ1) is 24.9. The number of hydrogen-bond acceptors (Lipinski definition) is 4. The third kappa shape index (κ3) is 9.02. The van der Waals surface area contributed by atoms with Crippen LogP contribution in [0.15, 0.2) is 4.99 Å². The number of carbonyl (C=O) groups is 2. The largest absolute Gasteiger partial charge is 0.369 e. The van der Waals surface area contributed by atoms with E-state index in [0.717, 1.165) is 38.4 Å². The van der Waals surface area contributed by atoms with Crippen LogP contribution in [0.5, 0.6) is 0 Å². The summed E-state index contributed by atoms with van der Waals surface area (Å²) in [6, 6.07) is 0.300. The molecule has 0 aromatic rings. The van der Waals surface area contributed by atoms with Gasteiger partial charge in [-0.15, -0.1) is 24.0 Å². The number of guanidine groups is 1. The van der Waals surface area contributed by atoms with Crippen LogP contribution in [0.25, 0.3) is 0 Å². The highest BCUT2D eigenvalue weighted by molar-refractivity contribution is 14.0. The number of nitrogens with one attached hydrogen (secondary N) is 3. The zero-order chi connectivity index (χ0) is 18.9. The predicted octanol–water partition coefficient (Wildman–Crippen LogP) is 0.272. The van der Waals surface area contributed by atoms with Crippen LogP contribution in [0, 0.1) is 5.41 Å². The second-order valence-corrected chi connectivity index (χ2v) is 7.10. The number of halogens is 1. The maximum atomic E-state index is 12.1. The normalized spacial score (nSPS) is 16.5. The van der Waals surface area contributed by atoms with E-state index in [-0.39, 0.29) is 35.8 Å². The molecule has 1 heterocycles. The number of nitrogens with zero attached hydrogens (tertiary/aromatic N) is 2. The van der Waals surface area contributed by atoms with Gasteiger partial charge in [0.1, 0.15) is 0 Å². The number of piperidine rings is 1. The first-order valence-corrected chi connectivity index (χ1v) is 9.12. The molecule has 0 unspecified atom stereocenters. The van der Waals surface area contributed by atoms with E-state index in [2.05, 4.69) is 25.8 Å². The van der Waals surface area contributed by atoms with E-state index in [1.54, 1.807) is 0 Å². The van der Waals surface area contributed by atoms with Crippen LogP contribution in [0.4, 0.5) is 0 Å². The molecule has 0 aliphatic carbocycles. The number of rotatable bonds is 8. The van der Waals surface area contributed by atoms with Gasteiger partial charge < -0.3 is 21.7 Å². The number of aliphatic imine (C=N–C) groups is 1. The van der Waals surface area contributed by atoms with Crippen molar-refractivity contribution in [3.8, 4) is 0 Å². The van der Waals surface area contributed by atoms with Crippen molar-refractivity contribution >= 4 is 41.8 Å². The lowest BCUT2D eigenvalue weighted by Crippen LogP contribution is -2.50. The number of carbonyl (C=O) groups excluding carboxylic acids is 2. The van der Waals surface area contributed by atoms with Gasteiger partial charge in [-0.3, -0.25) is 19.5 Å². The summed E-state index contributed by atoms with van der Waals surface area (Å²) in [6.45, 7) is 11.5. The van der Waals surface area contributed by atoms with Crippen LogP contribution in [-0.2, 0) is 9.59 Å². The first-order valence-electron chi connectivity index (χ1n) is 9.12.